The molecule has 1 aromatic carbocycles. The van der Waals surface area contributed by atoms with Crippen molar-refractivity contribution in [1.82, 2.24) is 9.55 Å². The van der Waals surface area contributed by atoms with E-state index in [1.54, 1.807) is 12.1 Å². The van der Waals surface area contributed by atoms with Gasteiger partial charge in [0.25, 0.3) is 5.09 Å². The van der Waals surface area contributed by atoms with Gasteiger partial charge < -0.3 is 9.30 Å². The summed E-state index contributed by atoms with van der Waals surface area (Å²) >= 11 is 0. The third kappa shape index (κ3) is 3.69. The van der Waals surface area contributed by atoms with Crippen molar-refractivity contribution in [1.29, 1.82) is 0 Å². The van der Waals surface area contributed by atoms with Gasteiger partial charge >= 0.3 is 0 Å². The molecular formula is C19H20FN3O4. The zero-order chi connectivity index (χ0) is 19.6. The van der Waals surface area contributed by atoms with Crippen LogP contribution in [-0.4, -0.2) is 14.6 Å². The van der Waals surface area contributed by atoms with Crippen LogP contribution in [-0.2, 0) is 13.2 Å². The molecule has 0 spiro atoms. The molecule has 0 atom stereocenters. The molecule has 0 bridgehead atoms. The van der Waals surface area contributed by atoms with Crippen molar-refractivity contribution in [2.45, 2.75) is 40.3 Å². The van der Waals surface area contributed by atoms with E-state index >= 15 is 0 Å². The number of pyridine rings is 1. The highest BCUT2D eigenvalue weighted by Crippen LogP contribution is 2.37. The lowest BCUT2D eigenvalue weighted by molar-refractivity contribution is -0.710. The van der Waals surface area contributed by atoms with E-state index in [0.29, 0.717) is 23.3 Å². The summed E-state index contributed by atoms with van der Waals surface area (Å²) in [5, 5.41) is 10.6. The first-order valence-corrected chi connectivity index (χ1v) is 8.60. The van der Waals surface area contributed by atoms with Crippen LogP contribution < -0.4 is 9.57 Å². The van der Waals surface area contributed by atoms with Crippen molar-refractivity contribution >= 4 is 10.9 Å². The molecule has 142 valence electrons. The molecule has 27 heavy (non-hydrogen) atoms. The summed E-state index contributed by atoms with van der Waals surface area (Å²) in [5.74, 6) is 0.123. The molecule has 0 saturated carbocycles. The number of aryl methyl sites for hydroxylation is 2. The molecule has 3 aromatic rings. The third-order valence-corrected chi connectivity index (χ3v) is 4.49. The second-order valence-corrected chi connectivity index (χ2v) is 6.24. The van der Waals surface area contributed by atoms with Crippen LogP contribution in [0.4, 0.5) is 4.39 Å². The van der Waals surface area contributed by atoms with Crippen LogP contribution in [0.3, 0.4) is 0 Å². The third-order valence-electron chi connectivity index (χ3n) is 4.49. The molecule has 8 heteroatoms. The van der Waals surface area contributed by atoms with E-state index in [4.69, 9.17) is 9.57 Å². The SMILES string of the molecule is CCCn1c(C)c(C)c2c(O[N+](=O)[O-])cnc(OCc3ccc(F)cc3)c21. The smallest absolute Gasteiger partial charge is 0.299 e. The van der Waals surface area contributed by atoms with Crippen LogP contribution in [0.5, 0.6) is 11.6 Å². The van der Waals surface area contributed by atoms with Gasteiger partial charge in [-0.2, -0.15) is 0 Å². The molecule has 3 rings (SSSR count). The Bertz CT molecular complexity index is 983. The van der Waals surface area contributed by atoms with Gasteiger partial charge in [0.2, 0.25) is 5.88 Å². The summed E-state index contributed by atoms with van der Waals surface area (Å²) in [5.41, 5.74) is 3.30. The molecule has 0 radical (unpaired) electrons. The number of hydrogen-bond acceptors (Lipinski definition) is 5. The van der Waals surface area contributed by atoms with Gasteiger partial charge in [0.1, 0.15) is 17.9 Å². The van der Waals surface area contributed by atoms with Crippen molar-refractivity contribution in [3.63, 3.8) is 0 Å². The molecule has 0 aliphatic heterocycles. The lowest BCUT2D eigenvalue weighted by atomic mass is 10.2. The zero-order valence-corrected chi connectivity index (χ0v) is 15.4. The maximum Gasteiger partial charge on any atom is 0.299 e. The van der Waals surface area contributed by atoms with Crippen LogP contribution >= 0.6 is 0 Å². The van der Waals surface area contributed by atoms with Crippen molar-refractivity contribution in [3.8, 4) is 11.6 Å². The second kappa shape index (κ2) is 7.61. The Morgan fingerprint density at radius 2 is 1.96 bits per heavy atom. The number of fused-ring (bicyclic) bond motifs is 1. The van der Waals surface area contributed by atoms with Gasteiger partial charge in [0.05, 0.1) is 6.20 Å². The number of hydrogen-bond donors (Lipinski definition) is 0. The molecule has 0 N–H and O–H groups in total. The summed E-state index contributed by atoms with van der Waals surface area (Å²) in [6.45, 7) is 6.80. The van der Waals surface area contributed by atoms with Crippen molar-refractivity contribution < 1.29 is 19.1 Å². The van der Waals surface area contributed by atoms with Crippen LogP contribution in [0.25, 0.3) is 10.9 Å². The Hall–Kier alpha value is -3.16. The molecule has 0 saturated heterocycles. The summed E-state index contributed by atoms with van der Waals surface area (Å²) in [6.07, 6.45) is 2.18. The lowest BCUT2D eigenvalue weighted by Gasteiger charge is -2.12. The number of benzene rings is 1. The Labute approximate surface area is 155 Å². The van der Waals surface area contributed by atoms with Crippen molar-refractivity contribution in [2.24, 2.45) is 0 Å². The lowest BCUT2D eigenvalue weighted by Crippen LogP contribution is -2.07. The normalized spacial score (nSPS) is 11.0. The van der Waals surface area contributed by atoms with Crippen molar-refractivity contribution in [2.75, 3.05) is 0 Å². The van der Waals surface area contributed by atoms with Crippen LogP contribution in [0.1, 0.15) is 30.2 Å². The summed E-state index contributed by atoms with van der Waals surface area (Å²) in [6, 6.07) is 6.00. The van der Waals surface area contributed by atoms with E-state index in [1.807, 2.05) is 25.3 Å². The predicted octanol–water partition coefficient (Wildman–Crippen LogP) is 4.35. The topological polar surface area (TPSA) is 79.4 Å². The largest absolute Gasteiger partial charge is 0.471 e. The molecule has 0 aliphatic rings. The average molecular weight is 373 g/mol. The first-order chi connectivity index (χ1) is 12.9. The van der Waals surface area contributed by atoms with Gasteiger partial charge in [-0.1, -0.05) is 19.1 Å². The predicted molar refractivity (Wildman–Crippen MR) is 97.9 cm³/mol. The van der Waals surface area contributed by atoms with Gasteiger partial charge in [-0.3, -0.25) is 4.84 Å². The van der Waals surface area contributed by atoms with E-state index in [1.165, 1.54) is 18.3 Å². The maximum atomic E-state index is 13.1. The number of halogens is 1. The number of aromatic nitrogens is 2. The highest BCUT2D eigenvalue weighted by Gasteiger charge is 2.21. The van der Waals surface area contributed by atoms with Gasteiger partial charge in [-0.15, -0.1) is 10.1 Å². The quantitative estimate of drug-likeness (QED) is 0.454. The molecule has 0 fully saturated rings. The number of rotatable bonds is 7. The fraction of sp³-hybridized carbons (Fsp3) is 0.316. The summed E-state index contributed by atoms with van der Waals surface area (Å²) in [4.78, 5) is 19.8. The van der Waals surface area contributed by atoms with E-state index in [9.17, 15) is 14.5 Å². The molecule has 7 nitrogen and oxygen atoms in total. The standard InChI is InChI=1S/C19H20FN3O4/c1-4-9-22-13(3)12(2)17-16(27-23(24)25)10-21-19(18(17)22)26-11-14-5-7-15(20)8-6-14/h5-8,10H,4,9,11H2,1-3H3. The minimum absolute atomic E-state index is 0.0829. The van der Waals surface area contributed by atoms with Crippen LogP contribution in [0, 0.1) is 29.8 Å². The highest BCUT2D eigenvalue weighted by molar-refractivity contribution is 5.93. The Balaban J connectivity index is 2.07. The zero-order valence-electron chi connectivity index (χ0n) is 15.4. The second-order valence-electron chi connectivity index (χ2n) is 6.24. The van der Waals surface area contributed by atoms with E-state index in [2.05, 4.69) is 4.98 Å². The van der Waals surface area contributed by atoms with Crippen LogP contribution in [0.15, 0.2) is 30.5 Å². The Morgan fingerprint density at radius 3 is 2.59 bits per heavy atom. The monoisotopic (exact) mass is 373 g/mol. The molecule has 0 aliphatic carbocycles. The minimum atomic E-state index is -0.846. The van der Waals surface area contributed by atoms with E-state index < -0.39 is 5.09 Å². The molecule has 0 amide bonds. The van der Waals surface area contributed by atoms with Crippen molar-refractivity contribution in [3.05, 3.63) is 63.2 Å². The van der Waals surface area contributed by atoms with Crippen LogP contribution in [0.2, 0.25) is 0 Å². The highest BCUT2D eigenvalue weighted by atomic mass is 19.1. The molecule has 2 aromatic heterocycles. The van der Waals surface area contributed by atoms with E-state index in [0.717, 1.165) is 23.2 Å². The average Bonchev–Trinajstić information content (AvgIpc) is 2.88. The Morgan fingerprint density at radius 1 is 1.26 bits per heavy atom. The van der Waals surface area contributed by atoms with Gasteiger partial charge in [-0.05, 0) is 43.5 Å². The number of nitrogens with zero attached hydrogens (tertiary/aromatic N) is 3. The first-order valence-electron chi connectivity index (χ1n) is 8.60. The number of ether oxygens (including phenoxy) is 1. The minimum Gasteiger partial charge on any atom is -0.471 e. The van der Waals surface area contributed by atoms with Gasteiger partial charge in [0.15, 0.2) is 5.75 Å². The fourth-order valence-corrected chi connectivity index (χ4v) is 3.12. The Kier molecular flexibility index (Phi) is 5.25. The van der Waals surface area contributed by atoms with Gasteiger partial charge in [-0.25, -0.2) is 9.37 Å². The molecule has 0 unspecified atom stereocenters. The van der Waals surface area contributed by atoms with E-state index in [-0.39, 0.29) is 18.2 Å². The summed E-state index contributed by atoms with van der Waals surface area (Å²) in [7, 11) is 0. The van der Waals surface area contributed by atoms with Gasteiger partial charge in [0, 0.05) is 17.6 Å². The molecular weight excluding hydrogens is 353 g/mol. The first kappa shape index (κ1) is 18.6. The maximum absolute atomic E-state index is 13.1. The fourth-order valence-electron chi connectivity index (χ4n) is 3.12. The summed E-state index contributed by atoms with van der Waals surface area (Å²) < 4.78 is 21.0. The molecule has 2 heterocycles.